The summed E-state index contributed by atoms with van der Waals surface area (Å²) >= 11 is 0. The second-order valence-electron chi connectivity index (χ2n) is 7.65. The smallest absolute Gasteiger partial charge is 0.206 e. The Bertz CT molecular complexity index is 1300. The van der Waals surface area contributed by atoms with Crippen LogP contribution in [0.4, 0.5) is 0 Å². The lowest BCUT2D eigenvalue weighted by molar-refractivity contribution is 0.391. The minimum atomic E-state index is -3.64. The summed E-state index contributed by atoms with van der Waals surface area (Å²) < 4.78 is 28.4. The zero-order valence-electron chi connectivity index (χ0n) is 16.6. The summed E-state index contributed by atoms with van der Waals surface area (Å²) in [7, 11) is -3.64. The van der Waals surface area contributed by atoms with Gasteiger partial charge in [0.25, 0.3) is 10.0 Å². The number of hydrogen-bond donors (Lipinski definition) is 0. The first-order valence-electron chi connectivity index (χ1n) is 9.94. The summed E-state index contributed by atoms with van der Waals surface area (Å²) in [5, 5.41) is 4.16. The Balaban J connectivity index is 1.54. The van der Waals surface area contributed by atoms with Gasteiger partial charge in [-0.15, -0.1) is 4.41 Å². The van der Waals surface area contributed by atoms with Crippen LogP contribution in [0.2, 0.25) is 0 Å². The molecule has 0 N–H and O–H groups in total. The van der Waals surface area contributed by atoms with Crippen LogP contribution < -0.4 is 0 Å². The average Bonchev–Trinajstić information content (AvgIpc) is 3.49. The fraction of sp³-hybridized carbons (Fsp3) is 0.120. The Morgan fingerprint density at radius 3 is 2.17 bits per heavy atom. The van der Waals surface area contributed by atoms with Crippen LogP contribution >= 0.6 is 0 Å². The second kappa shape index (κ2) is 7.36. The molecule has 0 aliphatic carbocycles. The van der Waals surface area contributed by atoms with Crippen molar-refractivity contribution in [3.8, 4) is 0 Å². The Morgan fingerprint density at radius 1 is 0.767 bits per heavy atom. The van der Waals surface area contributed by atoms with Crippen LogP contribution in [0.3, 0.4) is 0 Å². The molecule has 1 heterocycles. The van der Waals surface area contributed by atoms with E-state index in [2.05, 4.69) is 24.3 Å². The summed E-state index contributed by atoms with van der Waals surface area (Å²) in [5.74, 6) is 0. The van der Waals surface area contributed by atoms with Gasteiger partial charge in [0.15, 0.2) is 0 Å². The van der Waals surface area contributed by atoms with Crippen molar-refractivity contribution in [1.29, 1.82) is 0 Å². The van der Waals surface area contributed by atoms with E-state index < -0.39 is 10.0 Å². The van der Waals surface area contributed by atoms with E-state index in [-0.39, 0.29) is 6.17 Å². The van der Waals surface area contributed by atoms with Gasteiger partial charge in [-0.2, -0.15) is 5.01 Å². The number of hydrogen-bond acceptors (Lipinski definition) is 3. The maximum absolute atomic E-state index is 13.4. The summed E-state index contributed by atoms with van der Waals surface area (Å²) in [5.41, 5.74) is 3.08. The number of aryl methyl sites for hydroxylation is 1. The van der Waals surface area contributed by atoms with Crippen molar-refractivity contribution < 1.29 is 8.42 Å². The first kappa shape index (κ1) is 19.0. The lowest BCUT2D eigenvalue weighted by Crippen LogP contribution is -2.17. The molecule has 150 valence electrons. The molecule has 0 amide bonds. The largest absolute Gasteiger partial charge is 0.257 e. The summed E-state index contributed by atoms with van der Waals surface area (Å²) in [6, 6.07) is 31.3. The summed E-state index contributed by atoms with van der Waals surface area (Å²) in [4.78, 5) is 0.314. The fourth-order valence-corrected chi connectivity index (χ4v) is 5.44. The molecule has 0 spiro atoms. The molecule has 1 fully saturated rings. The van der Waals surface area contributed by atoms with Crippen LogP contribution in [-0.4, -0.2) is 17.8 Å². The minimum Gasteiger partial charge on any atom is -0.206 e. The highest BCUT2D eigenvalue weighted by Crippen LogP contribution is 2.47. The molecule has 4 aromatic rings. The lowest BCUT2D eigenvalue weighted by atomic mass is 10.1. The number of hydrazine groups is 1. The number of rotatable bonds is 5. The third-order valence-corrected chi connectivity index (χ3v) is 7.28. The van der Waals surface area contributed by atoms with E-state index in [1.807, 2.05) is 72.6 Å². The molecule has 2 unspecified atom stereocenters. The minimum absolute atomic E-state index is 0.314. The van der Waals surface area contributed by atoms with Crippen molar-refractivity contribution in [3.63, 3.8) is 0 Å². The van der Waals surface area contributed by atoms with Gasteiger partial charge in [0.1, 0.15) is 6.17 Å². The topological polar surface area (TPSA) is 40.2 Å². The molecule has 1 aliphatic rings. The van der Waals surface area contributed by atoms with Gasteiger partial charge in [0.2, 0.25) is 0 Å². The van der Waals surface area contributed by atoms with Gasteiger partial charge in [-0.1, -0.05) is 84.4 Å². The van der Waals surface area contributed by atoms with Crippen LogP contribution in [0.1, 0.15) is 22.9 Å². The molecule has 0 saturated carbocycles. The van der Waals surface area contributed by atoms with Gasteiger partial charge in [0, 0.05) is 6.54 Å². The maximum atomic E-state index is 13.4. The molecule has 5 heteroatoms. The van der Waals surface area contributed by atoms with E-state index >= 15 is 0 Å². The van der Waals surface area contributed by atoms with Crippen LogP contribution in [-0.2, 0) is 16.6 Å². The Morgan fingerprint density at radius 2 is 1.43 bits per heavy atom. The predicted molar refractivity (Wildman–Crippen MR) is 119 cm³/mol. The van der Waals surface area contributed by atoms with Crippen LogP contribution in [0.25, 0.3) is 10.8 Å². The van der Waals surface area contributed by atoms with Crippen LogP contribution in [0, 0.1) is 6.92 Å². The highest BCUT2D eigenvalue weighted by Gasteiger charge is 2.54. The van der Waals surface area contributed by atoms with Crippen LogP contribution in [0.5, 0.6) is 0 Å². The van der Waals surface area contributed by atoms with Crippen LogP contribution in [0.15, 0.2) is 102 Å². The van der Waals surface area contributed by atoms with Crippen molar-refractivity contribution in [3.05, 3.63) is 114 Å². The molecule has 5 rings (SSSR count). The molecular weight excluding hydrogens is 392 g/mol. The SMILES string of the molecule is Cc1ccc(S(=O)(=O)N2[C@@H](c3ccc4ccccc4c3)N2Cc2ccccc2)cc1. The fourth-order valence-electron chi connectivity index (χ4n) is 3.87. The molecule has 0 bridgehead atoms. The molecule has 1 aliphatic heterocycles. The molecule has 4 nitrogen and oxygen atoms in total. The predicted octanol–water partition coefficient (Wildman–Crippen LogP) is 5.27. The van der Waals surface area contributed by atoms with Gasteiger partial charge < -0.3 is 0 Å². The average molecular weight is 415 g/mol. The van der Waals surface area contributed by atoms with Crippen molar-refractivity contribution in [2.24, 2.45) is 0 Å². The van der Waals surface area contributed by atoms with E-state index in [0.717, 1.165) is 27.5 Å². The molecule has 30 heavy (non-hydrogen) atoms. The molecule has 0 radical (unpaired) electrons. The Kier molecular flexibility index (Phi) is 4.66. The summed E-state index contributed by atoms with van der Waals surface area (Å²) in [6.07, 6.45) is -0.318. The molecule has 0 aromatic heterocycles. The first-order chi connectivity index (χ1) is 14.5. The number of benzene rings is 4. The zero-order chi connectivity index (χ0) is 20.7. The lowest BCUT2D eigenvalue weighted by Gasteiger charge is -2.07. The van der Waals surface area contributed by atoms with Gasteiger partial charge in [0.05, 0.1) is 4.90 Å². The van der Waals surface area contributed by atoms with E-state index in [0.29, 0.717) is 11.4 Å². The van der Waals surface area contributed by atoms with Gasteiger partial charge in [-0.25, -0.2) is 8.42 Å². The van der Waals surface area contributed by atoms with Gasteiger partial charge in [-0.3, -0.25) is 0 Å². The van der Waals surface area contributed by atoms with E-state index in [4.69, 9.17) is 0 Å². The first-order valence-corrected chi connectivity index (χ1v) is 11.4. The quantitative estimate of drug-likeness (QED) is 0.418. The molecular formula is C25H22N2O2S. The standard InChI is InChI=1S/C25H22N2O2S/c1-19-11-15-24(16-12-19)30(28,29)27-25(26(27)18-20-7-3-2-4-8-20)23-14-13-21-9-5-6-10-22(21)17-23/h2-17,25H,18H2,1H3/t25-,26?,27?/m0/s1. The zero-order valence-corrected chi connectivity index (χ0v) is 17.5. The highest BCUT2D eigenvalue weighted by molar-refractivity contribution is 7.89. The molecule has 3 atom stereocenters. The summed E-state index contributed by atoms with van der Waals surface area (Å²) in [6.45, 7) is 2.48. The normalized spacial score (nSPS) is 20.9. The maximum Gasteiger partial charge on any atom is 0.257 e. The third kappa shape index (κ3) is 3.41. The van der Waals surface area contributed by atoms with E-state index in [9.17, 15) is 8.42 Å². The highest BCUT2D eigenvalue weighted by atomic mass is 32.2. The monoisotopic (exact) mass is 414 g/mol. The van der Waals surface area contributed by atoms with Crippen molar-refractivity contribution in [2.75, 3.05) is 0 Å². The third-order valence-electron chi connectivity index (χ3n) is 5.51. The van der Waals surface area contributed by atoms with E-state index in [1.165, 1.54) is 4.41 Å². The second-order valence-corrected chi connectivity index (χ2v) is 9.45. The van der Waals surface area contributed by atoms with E-state index in [1.54, 1.807) is 12.1 Å². The molecule has 1 saturated heterocycles. The number of sulfonamides is 1. The van der Waals surface area contributed by atoms with Crippen molar-refractivity contribution in [1.82, 2.24) is 9.42 Å². The number of fused-ring (bicyclic) bond motifs is 1. The molecule has 4 aromatic carbocycles. The van der Waals surface area contributed by atoms with Gasteiger partial charge in [-0.05, 0) is 47.0 Å². The number of nitrogens with zero attached hydrogens (tertiary/aromatic N) is 2. The van der Waals surface area contributed by atoms with Crippen molar-refractivity contribution >= 4 is 20.8 Å². The van der Waals surface area contributed by atoms with Gasteiger partial charge >= 0.3 is 0 Å². The Labute approximate surface area is 177 Å². The van der Waals surface area contributed by atoms with Crippen molar-refractivity contribution in [2.45, 2.75) is 24.5 Å². The Hall–Kier alpha value is -2.99.